The van der Waals surface area contributed by atoms with Crippen molar-refractivity contribution in [1.82, 2.24) is 9.97 Å². The predicted octanol–water partition coefficient (Wildman–Crippen LogP) is 1.97. The van der Waals surface area contributed by atoms with E-state index in [1.165, 1.54) is 0 Å². The molecular formula is C13H13N3O. The maximum Gasteiger partial charge on any atom is 0.136 e. The Morgan fingerprint density at radius 1 is 1.18 bits per heavy atom. The number of hydrogen-bond acceptors (Lipinski definition) is 4. The summed E-state index contributed by atoms with van der Waals surface area (Å²) in [6, 6.07) is 8.04. The molecule has 1 aliphatic rings. The molecular weight excluding hydrogens is 214 g/mol. The molecule has 0 radical (unpaired) electrons. The second-order valence-electron chi connectivity index (χ2n) is 4.10. The molecule has 0 spiro atoms. The molecule has 4 nitrogen and oxygen atoms in total. The van der Waals surface area contributed by atoms with Gasteiger partial charge < -0.3 is 10.5 Å². The van der Waals surface area contributed by atoms with Gasteiger partial charge in [0.05, 0.1) is 30.6 Å². The van der Waals surface area contributed by atoms with Gasteiger partial charge in [0, 0.05) is 5.56 Å². The van der Waals surface area contributed by atoms with Crippen molar-refractivity contribution in [3.05, 3.63) is 48.0 Å². The van der Waals surface area contributed by atoms with Gasteiger partial charge in [0.25, 0.3) is 0 Å². The zero-order valence-electron chi connectivity index (χ0n) is 9.34. The minimum Gasteiger partial charge on any atom is -0.493 e. The van der Waals surface area contributed by atoms with E-state index in [2.05, 4.69) is 16.0 Å². The number of nitrogen functional groups attached to an aromatic ring is 1. The van der Waals surface area contributed by atoms with Crippen LogP contribution in [0.2, 0.25) is 0 Å². The van der Waals surface area contributed by atoms with Crippen LogP contribution in [0.25, 0.3) is 0 Å². The smallest absolute Gasteiger partial charge is 0.136 e. The Labute approximate surface area is 99.5 Å². The summed E-state index contributed by atoms with van der Waals surface area (Å²) in [5.74, 6) is 1.96. The van der Waals surface area contributed by atoms with Gasteiger partial charge in [0.2, 0.25) is 0 Å². The van der Waals surface area contributed by atoms with Crippen molar-refractivity contribution in [2.24, 2.45) is 0 Å². The van der Waals surface area contributed by atoms with Gasteiger partial charge in [-0.1, -0.05) is 18.2 Å². The molecule has 1 unspecified atom stereocenters. The van der Waals surface area contributed by atoms with E-state index in [1.54, 1.807) is 12.4 Å². The Bertz CT molecular complexity index is 524. The minimum absolute atomic E-state index is 0.209. The highest BCUT2D eigenvalue weighted by atomic mass is 16.5. The standard InChI is InChI=1S/C13H13N3O/c14-9-7-15-13(16-8-9)11-5-6-17-12-4-2-1-3-10(11)12/h1-4,7-8,11H,5-6,14H2. The number of hydrogen-bond donors (Lipinski definition) is 1. The third kappa shape index (κ3) is 1.82. The van der Waals surface area contributed by atoms with Crippen molar-refractivity contribution >= 4 is 5.69 Å². The summed E-state index contributed by atoms with van der Waals surface area (Å²) in [7, 11) is 0. The molecule has 2 heterocycles. The summed E-state index contributed by atoms with van der Waals surface area (Å²) in [5, 5.41) is 0. The number of nitrogens with two attached hydrogens (primary N) is 1. The second kappa shape index (κ2) is 4.05. The van der Waals surface area contributed by atoms with Gasteiger partial charge in [-0.25, -0.2) is 9.97 Å². The highest BCUT2D eigenvalue weighted by molar-refractivity contribution is 5.41. The molecule has 3 rings (SSSR count). The molecule has 0 amide bonds. The van der Waals surface area contributed by atoms with E-state index in [1.807, 2.05) is 18.2 Å². The summed E-state index contributed by atoms with van der Waals surface area (Å²) >= 11 is 0. The van der Waals surface area contributed by atoms with Gasteiger partial charge in [0.1, 0.15) is 11.6 Å². The fourth-order valence-corrected chi connectivity index (χ4v) is 2.14. The zero-order valence-corrected chi connectivity index (χ0v) is 9.34. The molecule has 1 aromatic carbocycles. The highest BCUT2D eigenvalue weighted by Gasteiger charge is 2.24. The zero-order chi connectivity index (χ0) is 11.7. The largest absolute Gasteiger partial charge is 0.493 e. The lowest BCUT2D eigenvalue weighted by Crippen LogP contribution is -2.17. The van der Waals surface area contributed by atoms with Gasteiger partial charge in [-0.2, -0.15) is 0 Å². The maximum atomic E-state index is 5.62. The summed E-state index contributed by atoms with van der Waals surface area (Å²) in [4.78, 5) is 8.62. The lowest BCUT2D eigenvalue weighted by atomic mass is 9.92. The number of benzene rings is 1. The first kappa shape index (κ1) is 10.1. The van der Waals surface area contributed by atoms with Crippen LogP contribution >= 0.6 is 0 Å². The first-order valence-corrected chi connectivity index (χ1v) is 5.64. The average Bonchev–Trinajstić information content (AvgIpc) is 2.39. The SMILES string of the molecule is Nc1cnc(C2CCOc3ccccc32)nc1. The quantitative estimate of drug-likeness (QED) is 0.809. The third-order valence-corrected chi connectivity index (χ3v) is 2.96. The summed E-state index contributed by atoms with van der Waals surface area (Å²) in [6.07, 6.45) is 4.21. The Morgan fingerprint density at radius 2 is 1.94 bits per heavy atom. The number of ether oxygens (including phenoxy) is 1. The van der Waals surface area contributed by atoms with Gasteiger partial charge >= 0.3 is 0 Å². The molecule has 2 aromatic rings. The Kier molecular flexibility index (Phi) is 2.40. The van der Waals surface area contributed by atoms with E-state index in [9.17, 15) is 0 Å². The molecule has 17 heavy (non-hydrogen) atoms. The van der Waals surface area contributed by atoms with Crippen molar-refractivity contribution in [2.45, 2.75) is 12.3 Å². The average molecular weight is 227 g/mol. The number of para-hydroxylation sites is 1. The van der Waals surface area contributed by atoms with Crippen molar-refractivity contribution < 1.29 is 4.74 Å². The van der Waals surface area contributed by atoms with E-state index in [-0.39, 0.29) is 5.92 Å². The lowest BCUT2D eigenvalue weighted by Gasteiger charge is -2.24. The monoisotopic (exact) mass is 227 g/mol. The van der Waals surface area contributed by atoms with Crippen LogP contribution in [0.1, 0.15) is 23.7 Å². The molecule has 0 saturated heterocycles. The van der Waals surface area contributed by atoms with Crippen LogP contribution in [0.4, 0.5) is 5.69 Å². The minimum atomic E-state index is 0.209. The van der Waals surface area contributed by atoms with Crippen LogP contribution in [0.5, 0.6) is 5.75 Å². The van der Waals surface area contributed by atoms with Crippen LogP contribution in [-0.2, 0) is 0 Å². The fraction of sp³-hybridized carbons (Fsp3) is 0.231. The first-order chi connectivity index (χ1) is 8.34. The van der Waals surface area contributed by atoms with E-state index in [4.69, 9.17) is 10.5 Å². The van der Waals surface area contributed by atoms with Gasteiger partial charge in [-0.3, -0.25) is 0 Å². The number of fused-ring (bicyclic) bond motifs is 1. The van der Waals surface area contributed by atoms with E-state index >= 15 is 0 Å². The number of rotatable bonds is 1. The summed E-state index contributed by atoms with van der Waals surface area (Å²) in [6.45, 7) is 0.704. The van der Waals surface area contributed by atoms with E-state index in [0.29, 0.717) is 12.3 Å². The number of anilines is 1. The maximum absolute atomic E-state index is 5.62. The molecule has 4 heteroatoms. The van der Waals surface area contributed by atoms with Crippen LogP contribution in [0.3, 0.4) is 0 Å². The van der Waals surface area contributed by atoms with Crippen molar-refractivity contribution in [2.75, 3.05) is 12.3 Å². The van der Waals surface area contributed by atoms with Crippen LogP contribution in [-0.4, -0.2) is 16.6 Å². The van der Waals surface area contributed by atoms with E-state index < -0.39 is 0 Å². The molecule has 1 aromatic heterocycles. The molecule has 0 saturated carbocycles. The second-order valence-corrected chi connectivity index (χ2v) is 4.10. The predicted molar refractivity (Wildman–Crippen MR) is 64.8 cm³/mol. The van der Waals surface area contributed by atoms with Crippen LogP contribution in [0, 0.1) is 0 Å². The molecule has 0 aliphatic carbocycles. The first-order valence-electron chi connectivity index (χ1n) is 5.64. The highest BCUT2D eigenvalue weighted by Crippen LogP contribution is 2.36. The number of nitrogens with zero attached hydrogens (tertiary/aromatic N) is 2. The Hall–Kier alpha value is -2.10. The van der Waals surface area contributed by atoms with Crippen LogP contribution in [0.15, 0.2) is 36.7 Å². The number of aromatic nitrogens is 2. The molecule has 0 bridgehead atoms. The third-order valence-electron chi connectivity index (χ3n) is 2.96. The van der Waals surface area contributed by atoms with Crippen LogP contribution < -0.4 is 10.5 Å². The molecule has 86 valence electrons. The fourth-order valence-electron chi connectivity index (χ4n) is 2.14. The Morgan fingerprint density at radius 3 is 2.76 bits per heavy atom. The van der Waals surface area contributed by atoms with Crippen molar-refractivity contribution in [3.8, 4) is 5.75 Å². The van der Waals surface area contributed by atoms with E-state index in [0.717, 1.165) is 23.6 Å². The lowest BCUT2D eigenvalue weighted by molar-refractivity contribution is 0.274. The van der Waals surface area contributed by atoms with Gasteiger partial charge in [0.15, 0.2) is 0 Å². The molecule has 1 atom stereocenters. The Balaban J connectivity index is 2.03. The van der Waals surface area contributed by atoms with Gasteiger partial charge in [-0.15, -0.1) is 0 Å². The van der Waals surface area contributed by atoms with Crippen molar-refractivity contribution in [3.63, 3.8) is 0 Å². The topological polar surface area (TPSA) is 61.0 Å². The molecule has 2 N–H and O–H groups in total. The normalized spacial score (nSPS) is 18.2. The molecule has 1 aliphatic heterocycles. The molecule has 0 fully saturated rings. The van der Waals surface area contributed by atoms with Crippen molar-refractivity contribution in [1.29, 1.82) is 0 Å². The van der Waals surface area contributed by atoms with Gasteiger partial charge in [-0.05, 0) is 12.5 Å². The summed E-state index contributed by atoms with van der Waals surface area (Å²) in [5.41, 5.74) is 7.35. The summed E-state index contributed by atoms with van der Waals surface area (Å²) < 4.78 is 5.62.